The molecule has 1 aromatic heterocycles. The third-order valence-electron chi connectivity index (χ3n) is 4.32. The molecule has 0 aliphatic carbocycles. The molecular weight excluding hydrogens is 422 g/mol. The molecule has 0 aliphatic heterocycles. The number of hydrogen-bond acceptors (Lipinski definition) is 6. The van der Waals surface area contributed by atoms with Crippen LogP contribution in [-0.2, 0) is 0 Å². The van der Waals surface area contributed by atoms with Crippen LogP contribution in [0.4, 0.5) is 10.8 Å². The molecule has 0 aliphatic rings. The summed E-state index contributed by atoms with van der Waals surface area (Å²) in [6.07, 6.45) is 1.55. The van der Waals surface area contributed by atoms with E-state index in [2.05, 4.69) is 9.98 Å². The summed E-state index contributed by atoms with van der Waals surface area (Å²) in [5.74, 6) is 0.131. The fourth-order valence-corrected chi connectivity index (χ4v) is 3.88. The third kappa shape index (κ3) is 4.22. The van der Waals surface area contributed by atoms with Crippen molar-refractivity contribution in [1.29, 1.82) is 0 Å². The lowest BCUT2D eigenvalue weighted by Gasteiger charge is -2.03. The van der Waals surface area contributed by atoms with Gasteiger partial charge in [-0.05, 0) is 42.0 Å². The zero-order valence-electron chi connectivity index (χ0n) is 15.4. The number of nitro groups is 1. The fraction of sp³-hybridized carbons (Fsp3) is 0. The molecule has 4 aromatic rings. The van der Waals surface area contributed by atoms with Crippen LogP contribution in [0.5, 0.6) is 5.75 Å². The summed E-state index contributed by atoms with van der Waals surface area (Å²) in [5.41, 5.74) is 2.96. The lowest BCUT2D eigenvalue weighted by atomic mass is 10.1. The van der Waals surface area contributed by atoms with Gasteiger partial charge in [0.2, 0.25) is 5.13 Å². The van der Waals surface area contributed by atoms with Crippen LogP contribution >= 0.6 is 22.9 Å². The van der Waals surface area contributed by atoms with Crippen LogP contribution in [-0.4, -0.2) is 21.2 Å². The van der Waals surface area contributed by atoms with Gasteiger partial charge in [0, 0.05) is 34.5 Å². The van der Waals surface area contributed by atoms with E-state index in [-0.39, 0.29) is 11.4 Å². The van der Waals surface area contributed by atoms with E-state index in [1.54, 1.807) is 48.7 Å². The molecule has 3 aromatic carbocycles. The number of phenolic OH excluding ortho intramolecular Hbond substituents is 1. The summed E-state index contributed by atoms with van der Waals surface area (Å²) in [6.45, 7) is 0. The minimum atomic E-state index is -0.432. The highest BCUT2D eigenvalue weighted by molar-refractivity contribution is 7.19. The molecule has 0 saturated carbocycles. The van der Waals surface area contributed by atoms with Gasteiger partial charge >= 0.3 is 0 Å². The van der Waals surface area contributed by atoms with Gasteiger partial charge in [-0.3, -0.25) is 10.1 Å². The number of aliphatic imine (C=N–C) groups is 1. The highest BCUT2D eigenvalue weighted by atomic mass is 35.5. The van der Waals surface area contributed by atoms with Crippen LogP contribution in [0, 0.1) is 10.1 Å². The van der Waals surface area contributed by atoms with Crippen molar-refractivity contribution in [2.24, 2.45) is 4.99 Å². The number of aromatic hydroxyl groups is 1. The Morgan fingerprint density at radius 3 is 2.33 bits per heavy atom. The van der Waals surface area contributed by atoms with Crippen LogP contribution < -0.4 is 0 Å². The normalized spacial score (nSPS) is 11.1. The molecule has 1 heterocycles. The smallest absolute Gasteiger partial charge is 0.269 e. The van der Waals surface area contributed by atoms with Gasteiger partial charge in [-0.15, -0.1) is 0 Å². The van der Waals surface area contributed by atoms with Crippen LogP contribution in [0.15, 0.2) is 77.8 Å². The Hall–Kier alpha value is -3.55. The summed E-state index contributed by atoms with van der Waals surface area (Å²) in [4.78, 5) is 20.4. The number of thiazole rings is 1. The number of nitrogens with zero attached hydrogens (tertiary/aromatic N) is 3. The Morgan fingerprint density at radius 1 is 1.00 bits per heavy atom. The molecule has 148 valence electrons. The van der Waals surface area contributed by atoms with Crippen LogP contribution in [0.1, 0.15) is 5.56 Å². The molecule has 0 radical (unpaired) electrons. The van der Waals surface area contributed by atoms with E-state index in [0.717, 1.165) is 16.0 Å². The van der Waals surface area contributed by atoms with Gasteiger partial charge in [0.15, 0.2) is 0 Å². The van der Waals surface area contributed by atoms with Crippen molar-refractivity contribution in [3.05, 3.63) is 93.5 Å². The van der Waals surface area contributed by atoms with E-state index in [1.807, 2.05) is 18.2 Å². The number of rotatable bonds is 5. The molecular formula is C22H14ClN3O3S. The Balaban J connectivity index is 1.78. The van der Waals surface area contributed by atoms with Crippen LogP contribution in [0.3, 0.4) is 0 Å². The maximum Gasteiger partial charge on any atom is 0.269 e. The van der Waals surface area contributed by atoms with Crippen molar-refractivity contribution in [3.8, 4) is 27.4 Å². The summed E-state index contributed by atoms with van der Waals surface area (Å²) in [6, 6.07) is 20.5. The summed E-state index contributed by atoms with van der Waals surface area (Å²) in [7, 11) is 0. The topological polar surface area (TPSA) is 88.6 Å². The van der Waals surface area contributed by atoms with Crippen molar-refractivity contribution >= 4 is 40.0 Å². The molecule has 8 heteroatoms. The fourth-order valence-electron chi connectivity index (χ4n) is 2.82. The molecule has 30 heavy (non-hydrogen) atoms. The number of aromatic nitrogens is 1. The number of non-ortho nitro benzene ring substituents is 1. The minimum absolute atomic E-state index is 0.0223. The zero-order chi connectivity index (χ0) is 21.1. The molecule has 0 spiro atoms. The van der Waals surface area contributed by atoms with E-state index in [1.165, 1.54) is 23.5 Å². The van der Waals surface area contributed by atoms with Crippen molar-refractivity contribution in [1.82, 2.24) is 4.98 Å². The average Bonchev–Trinajstić information content (AvgIpc) is 3.18. The Labute approximate surface area is 180 Å². The average molecular weight is 436 g/mol. The van der Waals surface area contributed by atoms with Gasteiger partial charge in [-0.25, -0.2) is 9.98 Å². The molecule has 1 N–H and O–H groups in total. The predicted octanol–water partition coefficient (Wildman–Crippen LogP) is 6.49. The monoisotopic (exact) mass is 435 g/mol. The molecule has 0 bridgehead atoms. The second-order valence-corrected chi connectivity index (χ2v) is 7.72. The summed E-state index contributed by atoms with van der Waals surface area (Å²) < 4.78 is 0. The van der Waals surface area contributed by atoms with Crippen molar-refractivity contribution < 1.29 is 10.0 Å². The molecule has 0 amide bonds. The second kappa shape index (κ2) is 8.44. The first-order valence-electron chi connectivity index (χ1n) is 8.85. The third-order valence-corrected chi connectivity index (χ3v) is 5.59. The lowest BCUT2D eigenvalue weighted by molar-refractivity contribution is -0.384. The Morgan fingerprint density at radius 2 is 1.67 bits per heavy atom. The SMILES string of the molecule is O=[N+]([O-])c1ccc(-c2sc(N=Cc3ccccc3O)nc2-c2ccc(Cl)cc2)cc1. The largest absolute Gasteiger partial charge is 0.507 e. The van der Waals surface area contributed by atoms with Gasteiger partial charge in [0.25, 0.3) is 5.69 Å². The van der Waals surface area contributed by atoms with Gasteiger partial charge < -0.3 is 5.11 Å². The first-order valence-corrected chi connectivity index (χ1v) is 10.0. The van der Waals surface area contributed by atoms with E-state index >= 15 is 0 Å². The number of benzene rings is 3. The van der Waals surface area contributed by atoms with E-state index in [9.17, 15) is 15.2 Å². The van der Waals surface area contributed by atoms with Gasteiger partial charge in [-0.2, -0.15) is 0 Å². The Bertz CT molecular complexity index is 1240. The van der Waals surface area contributed by atoms with Gasteiger partial charge in [0.1, 0.15) is 5.75 Å². The maximum absolute atomic E-state index is 11.0. The van der Waals surface area contributed by atoms with Crippen LogP contribution in [0.25, 0.3) is 21.7 Å². The molecule has 6 nitrogen and oxygen atoms in total. The van der Waals surface area contributed by atoms with E-state index in [4.69, 9.17) is 11.6 Å². The van der Waals surface area contributed by atoms with E-state index in [0.29, 0.717) is 21.4 Å². The molecule has 0 unspecified atom stereocenters. The molecule has 4 rings (SSSR count). The zero-order valence-corrected chi connectivity index (χ0v) is 17.0. The lowest BCUT2D eigenvalue weighted by Crippen LogP contribution is -1.87. The summed E-state index contributed by atoms with van der Waals surface area (Å²) in [5, 5.41) is 22.0. The first kappa shape index (κ1) is 19.8. The molecule has 0 atom stereocenters. The number of halogens is 1. The molecule has 0 saturated heterocycles. The first-order chi connectivity index (χ1) is 14.5. The van der Waals surface area contributed by atoms with Gasteiger partial charge in [0.05, 0.1) is 15.5 Å². The quantitative estimate of drug-likeness (QED) is 0.220. The Kier molecular flexibility index (Phi) is 5.56. The number of hydrogen-bond donors (Lipinski definition) is 1. The highest BCUT2D eigenvalue weighted by Gasteiger charge is 2.16. The molecule has 0 fully saturated rings. The second-order valence-electron chi connectivity index (χ2n) is 6.30. The minimum Gasteiger partial charge on any atom is -0.507 e. The maximum atomic E-state index is 11.0. The van der Waals surface area contributed by atoms with E-state index < -0.39 is 4.92 Å². The number of nitro benzene ring substituents is 1. The number of para-hydroxylation sites is 1. The summed E-state index contributed by atoms with van der Waals surface area (Å²) >= 11 is 7.37. The predicted molar refractivity (Wildman–Crippen MR) is 120 cm³/mol. The van der Waals surface area contributed by atoms with Gasteiger partial charge in [-0.1, -0.05) is 47.2 Å². The highest BCUT2D eigenvalue weighted by Crippen LogP contribution is 2.40. The standard InChI is InChI=1S/C22H14ClN3O3S/c23-17-9-5-14(6-10-17)20-21(15-7-11-18(12-8-15)26(28)29)30-22(25-20)24-13-16-3-1-2-4-19(16)27/h1-13,27H. The van der Waals surface area contributed by atoms with Crippen molar-refractivity contribution in [2.75, 3.05) is 0 Å². The number of phenols is 1. The van der Waals surface area contributed by atoms with Crippen molar-refractivity contribution in [3.63, 3.8) is 0 Å². The van der Waals surface area contributed by atoms with Crippen molar-refractivity contribution in [2.45, 2.75) is 0 Å². The van der Waals surface area contributed by atoms with Crippen LogP contribution in [0.2, 0.25) is 5.02 Å².